The van der Waals surface area contributed by atoms with Crippen molar-refractivity contribution in [3.63, 3.8) is 0 Å². The van der Waals surface area contributed by atoms with Crippen LogP contribution >= 0.6 is 0 Å². The van der Waals surface area contributed by atoms with Crippen molar-refractivity contribution in [3.8, 4) is 0 Å². The van der Waals surface area contributed by atoms with Crippen molar-refractivity contribution >= 4 is 0 Å². The normalized spacial score (nSPS) is 9.75. The van der Waals surface area contributed by atoms with E-state index in [9.17, 15) is 0 Å². The van der Waals surface area contributed by atoms with E-state index in [1.165, 1.54) is 5.69 Å². The Kier molecular flexibility index (Phi) is 3.38. The molecular weight excluding hydrogens is 150 g/mol. The third-order valence-electron chi connectivity index (χ3n) is 1.83. The second kappa shape index (κ2) is 4.59. The first kappa shape index (κ1) is 8.84. The summed E-state index contributed by atoms with van der Waals surface area (Å²) in [4.78, 5) is 7.01. The van der Waals surface area contributed by atoms with E-state index < -0.39 is 0 Å². The zero-order valence-corrected chi connectivity index (χ0v) is 7.43. The third-order valence-corrected chi connectivity index (χ3v) is 1.83. The van der Waals surface area contributed by atoms with Gasteiger partial charge in [-0.15, -0.1) is 0 Å². The van der Waals surface area contributed by atoms with Gasteiger partial charge in [0.2, 0.25) is 0 Å². The molecule has 1 aromatic rings. The smallest absolute Gasteiger partial charge is 0.0921 e. The van der Waals surface area contributed by atoms with Crippen molar-refractivity contribution in [2.24, 2.45) is 0 Å². The Bertz CT molecular complexity index is 226. The monoisotopic (exact) mass is 165 g/mol. The molecule has 0 aliphatic rings. The molecule has 0 saturated heterocycles. The minimum Gasteiger partial charge on any atom is -0.392 e. The molecule has 0 amide bonds. The van der Waals surface area contributed by atoms with Crippen molar-refractivity contribution in [3.05, 3.63) is 30.5 Å². The number of allylic oxidation sites excluding steroid dienone is 1. The lowest BCUT2D eigenvalue weighted by molar-refractivity contribution is 0.755. The molecule has 0 radical (unpaired) electrons. The topological polar surface area (TPSA) is 40.7 Å². The molecule has 1 aromatic heterocycles. The Morgan fingerprint density at radius 2 is 2.58 bits per heavy atom. The summed E-state index contributed by atoms with van der Waals surface area (Å²) in [6, 6.07) is 0. The van der Waals surface area contributed by atoms with E-state index in [2.05, 4.69) is 21.9 Å². The number of nitrogens with one attached hydrogen (secondary N) is 2. The highest BCUT2D eigenvalue weighted by Crippen LogP contribution is 2.03. The molecule has 3 heteroatoms. The summed E-state index contributed by atoms with van der Waals surface area (Å²) in [5, 5.41) is 3.02. The number of imidazole rings is 1. The van der Waals surface area contributed by atoms with Crippen LogP contribution in [0.25, 0.3) is 0 Å². The molecule has 0 spiro atoms. The molecule has 66 valence electrons. The van der Waals surface area contributed by atoms with Crippen molar-refractivity contribution in [2.45, 2.75) is 19.3 Å². The average Bonchev–Trinajstić information content (AvgIpc) is 2.57. The van der Waals surface area contributed by atoms with Crippen molar-refractivity contribution < 1.29 is 0 Å². The molecule has 0 bridgehead atoms. The van der Waals surface area contributed by atoms with Crippen molar-refractivity contribution in [2.75, 3.05) is 7.05 Å². The van der Waals surface area contributed by atoms with Crippen LogP contribution in [-0.2, 0) is 6.42 Å². The first-order valence-corrected chi connectivity index (χ1v) is 4.15. The van der Waals surface area contributed by atoms with E-state index in [-0.39, 0.29) is 0 Å². The van der Waals surface area contributed by atoms with E-state index in [4.69, 9.17) is 0 Å². The SMILES string of the molecule is C=C(CCCc1cnc[nH]1)NC. The quantitative estimate of drug-likeness (QED) is 0.693. The molecule has 2 N–H and O–H groups in total. The lowest BCUT2D eigenvalue weighted by Crippen LogP contribution is -2.04. The highest BCUT2D eigenvalue weighted by atomic mass is 14.9. The number of hydrogen-bond acceptors (Lipinski definition) is 2. The molecule has 1 rings (SSSR count). The summed E-state index contributed by atoms with van der Waals surface area (Å²) >= 11 is 0. The Hall–Kier alpha value is -1.25. The number of H-pyrrole nitrogens is 1. The van der Waals surface area contributed by atoms with Gasteiger partial charge in [0.05, 0.1) is 6.33 Å². The van der Waals surface area contributed by atoms with Crippen LogP contribution in [0.15, 0.2) is 24.8 Å². The second-order valence-corrected chi connectivity index (χ2v) is 2.78. The maximum Gasteiger partial charge on any atom is 0.0921 e. The minimum absolute atomic E-state index is 1.02. The van der Waals surface area contributed by atoms with Crippen molar-refractivity contribution in [1.82, 2.24) is 15.3 Å². The molecule has 0 fully saturated rings. The van der Waals surface area contributed by atoms with E-state index >= 15 is 0 Å². The first-order valence-electron chi connectivity index (χ1n) is 4.15. The number of aromatic amines is 1. The van der Waals surface area contributed by atoms with Crippen molar-refractivity contribution in [1.29, 1.82) is 0 Å². The molecule has 0 atom stereocenters. The number of hydrogen-bond donors (Lipinski definition) is 2. The van der Waals surface area contributed by atoms with E-state index in [0.29, 0.717) is 0 Å². The zero-order valence-electron chi connectivity index (χ0n) is 7.43. The lowest BCUT2D eigenvalue weighted by atomic mass is 10.2. The standard InChI is InChI=1S/C9H15N3/c1-8(10-2)4-3-5-9-6-11-7-12-9/h6-7,10H,1,3-5H2,2H3,(H,11,12). The number of aryl methyl sites for hydroxylation is 1. The molecule has 0 aliphatic heterocycles. The molecule has 0 aromatic carbocycles. The predicted molar refractivity (Wildman–Crippen MR) is 49.7 cm³/mol. The Balaban J connectivity index is 2.15. The van der Waals surface area contributed by atoms with Crippen LogP contribution < -0.4 is 5.32 Å². The zero-order chi connectivity index (χ0) is 8.81. The van der Waals surface area contributed by atoms with Crippen LogP contribution in [0.4, 0.5) is 0 Å². The van der Waals surface area contributed by atoms with E-state index in [1.807, 2.05) is 13.2 Å². The summed E-state index contributed by atoms with van der Waals surface area (Å²) in [6.07, 6.45) is 6.75. The summed E-state index contributed by atoms with van der Waals surface area (Å²) in [5.74, 6) is 0. The van der Waals surface area contributed by atoms with Gasteiger partial charge in [-0.25, -0.2) is 4.98 Å². The van der Waals surface area contributed by atoms with Crippen LogP contribution in [0, 0.1) is 0 Å². The van der Waals surface area contributed by atoms with E-state index in [0.717, 1.165) is 25.0 Å². The van der Waals surface area contributed by atoms with E-state index in [1.54, 1.807) is 6.33 Å². The fourth-order valence-electron chi connectivity index (χ4n) is 1.04. The van der Waals surface area contributed by atoms with Gasteiger partial charge in [0, 0.05) is 24.6 Å². The highest BCUT2D eigenvalue weighted by Gasteiger charge is 1.94. The third kappa shape index (κ3) is 2.78. The van der Waals surface area contributed by atoms with Gasteiger partial charge in [-0.1, -0.05) is 6.58 Å². The van der Waals surface area contributed by atoms with Gasteiger partial charge in [0.1, 0.15) is 0 Å². The van der Waals surface area contributed by atoms with Gasteiger partial charge in [-0.05, 0) is 19.3 Å². The lowest BCUT2D eigenvalue weighted by Gasteiger charge is -2.02. The first-order chi connectivity index (χ1) is 5.83. The van der Waals surface area contributed by atoms with Gasteiger partial charge in [0.25, 0.3) is 0 Å². The van der Waals surface area contributed by atoms with Gasteiger partial charge in [-0.2, -0.15) is 0 Å². The van der Waals surface area contributed by atoms with Crippen LogP contribution in [0.3, 0.4) is 0 Å². The second-order valence-electron chi connectivity index (χ2n) is 2.78. The largest absolute Gasteiger partial charge is 0.392 e. The maximum atomic E-state index is 3.95. The fraction of sp³-hybridized carbons (Fsp3) is 0.444. The summed E-state index contributed by atoms with van der Waals surface area (Å²) in [7, 11) is 1.90. The molecule has 0 saturated carbocycles. The summed E-state index contributed by atoms with van der Waals surface area (Å²) in [5.41, 5.74) is 2.29. The van der Waals surface area contributed by atoms with Crippen LogP contribution in [-0.4, -0.2) is 17.0 Å². The summed E-state index contributed by atoms with van der Waals surface area (Å²) in [6.45, 7) is 3.86. The number of nitrogens with zero attached hydrogens (tertiary/aromatic N) is 1. The minimum atomic E-state index is 1.02. The van der Waals surface area contributed by atoms with Crippen LogP contribution in [0.2, 0.25) is 0 Å². The number of rotatable bonds is 5. The highest BCUT2D eigenvalue weighted by molar-refractivity contribution is 4.96. The fourth-order valence-corrected chi connectivity index (χ4v) is 1.04. The maximum absolute atomic E-state index is 3.95. The molecule has 0 aliphatic carbocycles. The molecular formula is C9H15N3. The molecule has 1 heterocycles. The van der Waals surface area contributed by atoms with Gasteiger partial charge in [0.15, 0.2) is 0 Å². The summed E-state index contributed by atoms with van der Waals surface area (Å²) < 4.78 is 0. The Labute approximate surface area is 72.9 Å². The predicted octanol–water partition coefficient (Wildman–Crippen LogP) is 1.47. The molecule has 12 heavy (non-hydrogen) atoms. The Morgan fingerprint density at radius 1 is 1.75 bits per heavy atom. The average molecular weight is 165 g/mol. The van der Waals surface area contributed by atoms with Gasteiger partial charge in [-0.3, -0.25) is 0 Å². The molecule has 3 nitrogen and oxygen atoms in total. The number of aromatic nitrogens is 2. The van der Waals surface area contributed by atoms with Gasteiger partial charge >= 0.3 is 0 Å². The van der Waals surface area contributed by atoms with Crippen LogP contribution in [0.5, 0.6) is 0 Å². The molecule has 0 unspecified atom stereocenters. The van der Waals surface area contributed by atoms with Gasteiger partial charge < -0.3 is 10.3 Å². The van der Waals surface area contributed by atoms with Crippen LogP contribution in [0.1, 0.15) is 18.5 Å². The Morgan fingerprint density at radius 3 is 3.17 bits per heavy atom.